The van der Waals surface area contributed by atoms with Gasteiger partial charge in [-0.2, -0.15) is 0 Å². The molecule has 0 bridgehead atoms. The molecular weight excluding hydrogens is 593 g/mol. The van der Waals surface area contributed by atoms with E-state index in [-0.39, 0.29) is 58.8 Å². The van der Waals surface area contributed by atoms with Crippen LogP contribution in [0.5, 0.6) is 17.2 Å². The number of anilines is 2. The minimum Gasteiger partial charge on any atom is -0.491 e. The van der Waals surface area contributed by atoms with Crippen molar-refractivity contribution in [2.75, 3.05) is 37.1 Å². The molecule has 0 aromatic heterocycles. The Kier molecular flexibility index (Phi) is 12.5. The molecule has 0 fully saturated rings. The molecule has 0 aliphatic heterocycles. The van der Waals surface area contributed by atoms with Gasteiger partial charge < -0.3 is 35.3 Å². The lowest BCUT2D eigenvalue weighted by Crippen LogP contribution is -2.22. The molecule has 3 aromatic rings. The van der Waals surface area contributed by atoms with Gasteiger partial charge in [-0.05, 0) is 87.2 Å². The highest BCUT2D eigenvalue weighted by molar-refractivity contribution is 6.08. The second kappa shape index (κ2) is 16.1. The minimum absolute atomic E-state index is 0.0749. The zero-order valence-corrected chi connectivity index (χ0v) is 27.5. The fourth-order valence-corrected chi connectivity index (χ4v) is 3.94. The summed E-state index contributed by atoms with van der Waals surface area (Å²) in [5.74, 6) is -1.36. The Morgan fingerprint density at radius 2 is 1.15 bits per heavy atom. The highest BCUT2D eigenvalue weighted by atomic mass is 19.1. The first-order valence-corrected chi connectivity index (χ1v) is 15.2. The number of hydrogen-bond donors (Lipinski definition) is 3. The summed E-state index contributed by atoms with van der Waals surface area (Å²) in [5, 5.41) is 5.61. The van der Waals surface area contributed by atoms with Crippen molar-refractivity contribution in [3.63, 3.8) is 0 Å². The molecule has 0 atom stereocenters. The molecular formula is C35H44FN3O7. The molecule has 0 radical (unpaired) electrons. The van der Waals surface area contributed by atoms with Crippen molar-refractivity contribution in [1.82, 2.24) is 0 Å². The van der Waals surface area contributed by atoms with Crippen molar-refractivity contribution in [3.05, 3.63) is 77.1 Å². The second-order valence-electron chi connectivity index (χ2n) is 12.6. The monoisotopic (exact) mass is 637 g/mol. The fraction of sp³-hybridized carbons (Fsp3) is 0.400. The number of benzene rings is 3. The minimum atomic E-state index is -0.619. The number of ether oxygens (including phenoxy) is 4. The van der Waals surface area contributed by atoms with Crippen molar-refractivity contribution in [2.45, 2.75) is 54.1 Å². The molecule has 3 rings (SSSR count). The number of amides is 3. The van der Waals surface area contributed by atoms with E-state index in [0.29, 0.717) is 30.3 Å². The van der Waals surface area contributed by atoms with Crippen LogP contribution in [-0.2, 0) is 4.74 Å². The van der Waals surface area contributed by atoms with Crippen LogP contribution >= 0.6 is 0 Å². The van der Waals surface area contributed by atoms with Gasteiger partial charge in [-0.25, -0.2) is 4.39 Å². The Labute approximate surface area is 269 Å². The van der Waals surface area contributed by atoms with E-state index in [1.165, 1.54) is 36.4 Å². The summed E-state index contributed by atoms with van der Waals surface area (Å²) in [6.45, 7) is 14.6. The van der Waals surface area contributed by atoms with Crippen LogP contribution < -0.4 is 30.6 Å². The van der Waals surface area contributed by atoms with Crippen LogP contribution in [0.2, 0.25) is 0 Å². The predicted octanol–water partition coefficient (Wildman–Crippen LogP) is 6.69. The zero-order valence-electron chi connectivity index (χ0n) is 27.5. The number of primary amides is 1. The number of rotatable bonds is 15. The summed E-state index contributed by atoms with van der Waals surface area (Å²) in [6.07, 6.45) is 0. The normalized spacial score (nSPS) is 11.3. The number of halogens is 1. The van der Waals surface area contributed by atoms with E-state index in [4.69, 9.17) is 24.7 Å². The Morgan fingerprint density at radius 1 is 0.696 bits per heavy atom. The van der Waals surface area contributed by atoms with Crippen LogP contribution in [0.15, 0.2) is 54.6 Å². The van der Waals surface area contributed by atoms with E-state index in [0.717, 1.165) is 6.07 Å². The largest absolute Gasteiger partial charge is 0.491 e. The van der Waals surface area contributed by atoms with E-state index >= 15 is 0 Å². The maximum atomic E-state index is 14.4. The molecule has 0 heterocycles. The average Bonchev–Trinajstić information content (AvgIpc) is 2.98. The first-order valence-electron chi connectivity index (χ1n) is 15.2. The number of hydrogen-bond acceptors (Lipinski definition) is 7. The van der Waals surface area contributed by atoms with E-state index in [1.807, 2.05) is 48.5 Å². The van der Waals surface area contributed by atoms with Crippen molar-refractivity contribution >= 4 is 29.1 Å². The van der Waals surface area contributed by atoms with E-state index < -0.39 is 23.5 Å². The van der Waals surface area contributed by atoms with Crippen LogP contribution in [0.25, 0.3) is 0 Å². The van der Waals surface area contributed by atoms with Crippen LogP contribution in [0.1, 0.15) is 79.5 Å². The van der Waals surface area contributed by atoms with Gasteiger partial charge in [0.25, 0.3) is 11.8 Å². The molecule has 3 aromatic carbocycles. The third-order valence-electron chi connectivity index (χ3n) is 6.22. The van der Waals surface area contributed by atoms with Gasteiger partial charge in [0.05, 0.1) is 36.8 Å². The van der Waals surface area contributed by atoms with Gasteiger partial charge in [-0.15, -0.1) is 0 Å². The van der Waals surface area contributed by atoms with Crippen LogP contribution in [0.4, 0.5) is 15.8 Å². The van der Waals surface area contributed by atoms with E-state index in [9.17, 15) is 18.8 Å². The molecule has 11 heteroatoms. The van der Waals surface area contributed by atoms with E-state index in [2.05, 4.69) is 10.6 Å². The van der Waals surface area contributed by atoms with Crippen molar-refractivity contribution in [1.29, 1.82) is 0 Å². The molecule has 0 saturated heterocycles. The molecule has 0 unspecified atom stereocenters. The quantitative estimate of drug-likeness (QED) is 0.158. The van der Waals surface area contributed by atoms with Gasteiger partial charge in [0.1, 0.15) is 18.1 Å². The van der Waals surface area contributed by atoms with Crippen molar-refractivity contribution in [2.24, 2.45) is 17.6 Å². The molecule has 0 aliphatic rings. The van der Waals surface area contributed by atoms with Crippen molar-refractivity contribution in [3.8, 4) is 17.2 Å². The Morgan fingerprint density at radius 3 is 1.63 bits per heavy atom. The SMILES string of the molecule is CC(C)COc1cc(C(N)=O)ccc1NC(=O)c1ccc(NC(=O)c2ccc(F)c(OCCOC(C)(C)C)c2)c(OCC(C)C)c1. The maximum Gasteiger partial charge on any atom is 0.255 e. The van der Waals surface area contributed by atoms with Gasteiger partial charge in [-0.1, -0.05) is 27.7 Å². The summed E-state index contributed by atoms with van der Waals surface area (Å²) in [5.41, 5.74) is 6.41. The molecule has 248 valence electrons. The van der Waals surface area contributed by atoms with Crippen LogP contribution in [0.3, 0.4) is 0 Å². The molecule has 0 aliphatic carbocycles. The maximum absolute atomic E-state index is 14.4. The van der Waals surface area contributed by atoms with Crippen molar-refractivity contribution < 1.29 is 37.7 Å². The van der Waals surface area contributed by atoms with Gasteiger partial charge in [-0.3, -0.25) is 14.4 Å². The van der Waals surface area contributed by atoms with Crippen LogP contribution in [0, 0.1) is 17.7 Å². The molecule has 0 saturated carbocycles. The molecule has 0 spiro atoms. The highest BCUT2D eigenvalue weighted by Crippen LogP contribution is 2.31. The summed E-state index contributed by atoms with van der Waals surface area (Å²) in [6, 6.07) is 13.0. The first kappa shape index (κ1) is 35.8. The van der Waals surface area contributed by atoms with Gasteiger partial charge >= 0.3 is 0 Å². The molecule has 10 nitrogen and oxygen atoms in total. The molecule has 46 heavy (non-hydrogen) atoms. The number of nitrogens with two attached hydrogens (primary N) is 1. The number of carbonyl (C=O) groups is 3. The Hall–Kier alpha value is -4.64. The van der Waals surface area contributed by atoms with Gasteiger partial charge in [0.2, 0.25) is 5.91 Å². The smallest absolute Gasteiger partial charge is 0.255 e. The molecule has 3 amide bonds. The first-order chi connectivity index (χ1) is 21.6. The molecule has 4 N–H and O–H groups in total. The Balaban J connectivity index is 1.81. The van der Waals surface area contributed by atoms with Gasteiger partial charge in [0, 0.05) is 16.7 Å². The zero-order chi connectivity index (χ0) is 34.0. The summed E-state index contributed by atoms with van der Waals surface area (Å²) in [4.78, 5) is 38.3. The highest BCUT2D eigenvalue weighted by Gasteiger charge is 2.18. The number of carbonyl (C=O) groups excluding carboxylic acids is 3. The standard InChI is InChI=1S/C35H44FN3O7/c1-21(2)19-44-30-16-23(32(37)40)9-12-27(30)38-34(42)25-10-13-28(31(18-25)45-20-22(3)4)39-33(41)24-8-11-26(36)29(17-24)43-14-15-46-35(5,6)7/h8-13,16-18,21-22H,14-15,19-20H2,1-7H3,(H2,37,40)(H,38,42)(H,39,41). The lowest BCUT2D eigenvalue weighted by atomic mass is 10.1. The second-order valence-corrected chi connectivity index (χ2v) is 12.6. The lowest BCUT2D eigenvalue weighted by molar-refractivity contribution is -0.0166. The summed E-state index contributed by atoms with van der Waals surface area (Å²) >= 11 is 0. The lowest BCUT2D eigenvalue weighted by Gasteiger charge is -2.19. The number of nitrogens with one attached hydrogen (secondary N) is 2. The van der Waals surface area contributed by atoms with Gasteiger partial charge in [0.15, 0.2) is 11.6 Å². The topological polar surface area (TPSA) is 138 Å². The third-order valence-corrected chi connectivity index (χ3v) is 6.22. The fourth-order valence-electron chi connectivity index (χ4n) is 3.94. The Bertz CT molecular complexity index is 1530. The summed E-state index contributed by atoms with van der Waals surface area (Å²) < 4.78 is 37.4. The third kappa shape index (κ3) is 11.1. The van der Waals surface area contributed by atoms with Crippen LogP contribution in [-0.4, -0.2) is 49.8 Å². The average molecular weight is 638 g/mol. The summed E-state index contributed by atoms with van der Waals surface area (Å²) in [7, 11) is 0. The predicted molar refractivity (Wildman–Crippen MR) is 176 cm³/mol. The van der Waals surface area contributed by atoms with E-state index in [1.54, 1.807) is 12.1 Å².